The molecule has 0 aliphatic heterocycles. The van der Waals surface area contributed by atoms with E-state index >= 15 is 0 Å². The van der Waals surface area contributed by atoms with Gasteiger partial charge in [-0.25, -0.2) is 4.68 Å². The SMILES string of the molecule is Cc1c(-c2ccccc2)nn(-c2ccc(Br)cc2)c1Cl. The van der Waals surface area contributed by atoms with Gasteiger partial charge >= 0.3 is 0 Å². The molecule has 0 spiro atoms. The van der Waals surface area contributed by atoms with Crippen LogP contribution in [0, 0.1) is 6.92 Å². The summed E-state index contributed by atoms with van der Waals surface area (Å²) in [4.78, 5) is 0. The summed E-state index contributed by atoms with van der Waals surface area (Å²) >= 11 is 9.86. The van der Waals surface area contributed by atoms with E-state index in [9.17, 15) is 0 Å². The largest absolute Gasteiger partial charge is 0.221 e. The van der Waals surface area contributed by atoms with Crippen molar-refractivity contribution < 1.29 is 0 Å². The second-order valence-electron chi connectivity index (χ2n) is 4.52. The van der Waals surface area contributed by atoms with Gasteiger partial charge in [0.15, 0.2) is 0 Å². The number of hydrogen-bond donors (Lipinski definition) is 0. The van der Waals surface area contributed by atoms with Crippen molar-refractivity contribution in [3.05, 3.63) is 69.8 Å². The third kappa shape index (κ3) is 2.39. The lowest BCUT2D eigenvalue weighted by molar-refractivity contribution is 0.884. The average molecular weight is 348 g/mol. The number of benzene rings is 2. The van der Waals surface area contributed by atoms with Gasteiger partial charge < -0.3 is 0 Å². The van der Waals surface area contributed by atoms with E-state index in [1.165, 1.54) is 0 Å². The van der Waals surface area contributed by atoms with Crippen LogP contribution in [-0.4, -0.2) is 9.78 Å². The maximum absolute atomic E-state index is 6.43. The first-order valence-electron chi connectivity index (χ1n) is 6.23. The van der Waals surface area contributed by atoms with Crippen LogP contribution in [-0.2, 0) is 0 Å². The summed E-state index contributed by atoms with van der Waals surface area (Å²) in [5, 5.41) is 5.29. The molecule has 0 atom stereocenters. The Balaban J connectivity index is 2.13. The van der Waals surface area contributed by atoms with Crippen molar-refractivity contribution in [2.75, 3.05) is 0 Å². The molecule has 0 aliphatic carbocycles. The van der Waals surface area contributed by atoms with Gasteiger partial charge in [-0.05, 0) is 31.2 Å². The molecule has 1 aromatic heterocycles. The van der Waals surface area contributed by atoms with Crippen molar-refractivity contribution in [1.82, 2.24) is 9.78 Å². The van der Waals surface area contributed by atoms with Crippen LogP contribution in [0.1, 0.15) is 5.56 Å². The van der Waals surface area contributed by atoms with Crippen molar-refractivity contribution in [1.29, 1.82) is 0 Å². The van der Waals surface area contributed by atoms with Gasteiger partial charge in [-0.15, -0.1) is 0 Å². The normalized spacial score (nSPS) is 10.8. The van der Waals surface area contributed by atoms with Crippen LogP contribution < -0.4 is 0 Å². The Hall–Kier alpha value is -1.58. The molecule has 0 fully saturated rings. The minimum absolute atomic E-state index is 0.645. The van der Waals surface area contributed by atoms with Gasteiger partial charge in [0.1, 0.15) is 5.15 Å². The van der Waals surface area contributed by atoms with E-state index in [0.717, 1.165) is 27.0 Å². The highest BCUT2D eigenvalue weighted by atomic mass is 79.9. The third-order valence-electron chi connectivity index (χ3n) is 3.17. The molecular weight excluding hydrogens is 336 g/mol. The Kier molecular flexibility index (Phi) is 3.64. The first-order valence-corrected chi connectivity index (χ1v) is 7.40. The van der Waals surface area contributed by atoms with E-state index in [1.807, 2.05) is 61.5 Å². The molecular formula is C16H12BrClN2. The average Bonchev–Trinajstić information content (AvgIpc) is 2.77. The van der Waals surface area contributed by atoms with Gasteiger partial charge in [-0.2, -0.15) is 5.10 Å². The third-order valence-corrected chi connectivity index (χ3v) is 4.14. The van der Waals surface area contributed by atoms with Crippen LogP contribution >= 0.6 is 27.5 Å². The lowest BCUT2D eigenvalue weighted by Crippen LogP contribution is -1.96. The summed E-state index contributed by atoms with van der Waals surface area (Å²) in [6, 6.07) is 18.0. The van der Waals surface area contributed by atoms with Crippen LogP contribution in [0.5, 0.6) is 0 Å². The van der Waals surface area contributed by atoms with E-state index in [0.29, 0.717) is 5.15 Å². The summed E-state index contributed by atoms with van der Waals surface area (Å²) < 4.78 is 2.80. The maximum atomic E-state index is 6.43. The fourth-order valence-electron chi connectivity index (χ4n) is 2.10. The molecule has 0 saturated carbocycles. The second kappa shape index (κ2) is 5.43. The zero-order valence-electron chi connectivity index (χ0n) is 10.8. The number of hydrogen-bond acceptors (Lipinski definition) is 1. The fraction of sp³-hybridized carbons (Fsp3) is 0.0625. The highest BCUT2D eigenvalue weighted by Gasteiger charge is 2.14. The van der Waals surface area contributed by atoms with Gasteiger partial charge in [0, 0.05) is 15.6 Å². The molecule has 100 valence electrons. The highest BCUT2D eigenvalue weighted by Crippen LogP contribution is 2.30. The van der Waals surface area contributed by atoms with Crippen molar-refractivity contribution >= 4 is 27.5 Å². The summed E-state index contributed by atoms with van der Waals surface area (Å²) in [6.07, 6.45) is 0. The molecule has 3 aromatic rings. The lowest BCUT2D eigenvalue weighted by Gasteiger charge is -2.02. The van der Waals surface area contributed by atoms with E-state index in [2.05, 4.69) is 21.0 Å². The summed E-state index contributed by atoms with van der Waals surface area (Å²) in [6.45, 7) is 1.99. The minimum Gasteiger partial charge on any atom is -0.221 e. The van der Waals surface area contributed by atoms with Crippen LogP contribution in [0.15, 0.2) is 59.1 Å². The molecule has 4 heteroatoms. The molecule has 0 radical (unpaired) electrons. The topological polar surface area (TPSA) is 17.8 Å². The van der Waals surface area contributed by atoms with Gasteiger partial charge in [0.2, 0.25) is 0 Å². The van der Waals surface area contributed by atoms with Crippen LogP contribution in [0.2, 0.25) is 5.15 Å². The molecule has 0 unspecified atom stereocenters. The number of rotatable bonds is 2. The molecule has 2 nitrogen and oxygen atoms in total. The van der Waals surface area contributed by atoms with Crippen LogP contribution in [0.25, 0.3) is 16.9 Å². The summed E-state index contributed by atoms with van der Waals surface area (Å²) in [5.41, 5.74) is 3.92. The Morgan fingerprint density at radius 1 is 1.00 bits per heavy atom. The molecule has 2 aromatic carbocycles. The molecule has 0 bridgehead atoms. The van der Waals surface area contributed by atoms with E-state index in [-0.39, 0.29) is 0 Å². The smallest absolute Gasteiger partial charge is 0.136 e. The standard InChI is InChI=1S/C16H12BrClN2/c1-11-15(12-5-3-2-4-6-12)19-20(16(11)18)14-9-7-13(17)8-10-14/h2-10H,1H3. The van der Waals surface area contributed by atoms with Gasteiger partial charge in [-0.1, -0.05) is 57.9 Å². The predicted molar refractivity (Wildman–Crippen MR) is 86.4 cm³/mol. The minimum atomic E-state index is 0.645. The zero-order valence-corrected chi connectivity index (χ0v) is 13.2. The van der Waals surface area contributed by atoms with Crippen LogP contribution in [0.4, 0.5) is 0 Å². The molecule has 20 heavy (non-hydrogen) atoms. The molecule has 0 saturated heterocycles. The van der Waals surface area contributed by atoms with Gasteiger partial charge in [-0.3, -0.25) is 0 Å². The van der Waals surface area contributed by atoms with E-state index in [4.69, 9.17) is 11.6 Å². The monoisotopic (exact) mass is 346 g/mol. The van der Waals surface area contributed by atoms with Crippen molar-refractivity contribution in [2.45, 2.75) is 6.92 Å². The Labute approximate surface area is 131 Å². The summed E-state index contributed by atoms with van der Waals surface area (Å²) in [5.74, 6) is 0. The quantitative estimate of drug-likeness (QED) is 0.618. The predicted octanol–water partition coefficient (Wildman–Crippen LogP) is 5.26. The first-order chi connectivity index (χ1) is 9.66. The van der Waals surface area contributed by atoms with Crippen molar-refractivity contribution in [3.63, 3.8) is 0 Å². The highest BCUT2D eigenvalue weighted by molar-refractivity contribution is 9.10. The first kappa shape index (κ1) is 13.4. The number of aromatic nitrogens is 2. The molecule has 1 heterocycles. The van der Waals surface area contributed by atoms with Gasteiger partial charge in [0.25, 0.3) is 0 Å². The maximum Gasteiger partial charge on any atom is 0.136 e. The molecule has 0 aliphatic rings. The fourth-order valence-corrected chi connectivity index (χ4v) is 2.59. The second-order valence-corrected chi connectivity index (χ2v) is 5.79. The van der Waals surface area contributed by atoms with Crippen molar-refractivity contribution in [3.8, 4) is 16.9 Å². The Morgan fingerprint density at radius 2 is 1.65 bits per heavy atom. The summed E-state index contributed by atoms with van der Waals surface area (Å²) in [7, 11) is 0. The Morgan fingerprint density at radius 3 is 2.30 bits per heavy atom. The van der Waals surface area contributed by atoms with Gasteiger partial charge in [0.05, 0.1) is 11.4 Å². The lowest BCUT2D eigenvalue weighted by atomic mass is 10.1. The molecule has 3 rings (SSSR count). The van der Waals surface area contributed by atoms with E-state index in [1.54, 1.807) is 4.68 Å². The molecule has 0 amide bonds. The number of halogens is 2. The van der Waals surface area contributed by atoms with Crippen molar-refractivity contribution in [2.24, 2.45) is 0 Å². The van der Waals surface area contributed by atoms with E-state index < -0.39 is 0 Å². The zero-order chi connectivity index (χ0) is 14.1. The van der Waals surface area contributed by atoms with Crippen LogP contribution in [0.3, 0.4) is 0 Å². The Bertz CT molecular complexity index is 733. The molecule has 0 N–H and O–H groups in total. The number of nitrogens with zero attached hydrogens (tertiary/aromatic N) is 2.